The number of hydrogen-bond acceptors (Lipinski definition) is 2. The summed E-state index contributed by atoms with van der Waals surface area (Å²) >= 11 is 0. The topological polar surface area (TPSA) is 40.8 Å². The van der Waals surface area contributed by atoms with Crippen molar-refractivity contribution in [2.24, 2.45) is 7.05 Å². The van der Waals surface area contributed by atoms with Crippen molar-refractivity contribution in [3.8, 4) is 39.6 Å². The van der Waals surface area contributed by atoms with Crippen molar-refractivity contribution in [1.29, 1.82) is 5.26 Å². The van der Waals surface area contributed by atoms with Gasteiger partial charge in [-0.25, -0.2) is 4.57 Å². The Kier molecular flexibility index (Phi) is 4.76. The Hall–Kier alpha value is -4.68. The molecule has 6 rings (SSSR count). The molecule has 0 fully saturated rings. The molecule has 0 N–H and O–H groups in total. The van der Waals surface area contributed by atoms with Crippen LogP contribution in [0.2, 0.25) is 0 Å². The summed E-state index contributed by atoms with van der Waals surface area (Å²) in [6.07, 6.45) is 0.263. The van der Waals surface area contributed by atoms with E-state index in [4.69, 9.17) is 11.3 Å². The highest BCUT2D eigenvalue weighted by Gasteiger charge is 2.24. The molecule has 39 heavy (non-hydrogen) atoms. The maximum atomic E-state index is 10.2. The molecule has 3 nitrogen and oxygen atoms in total. The van der Waals surface area contributed by atoms with Gasteiger partial charge in [0.25, 0.3) is 0 Å². The molecule has 0 atom stereocenters. The average molecular weight is 513 g/mol. The highest BCUT2D eigenvalue weighted by Crippen LogP contribution is 2.43. The molecule has 0 saturated carbocycles. The molecule has 0 aliphatic carbocycles. The van der Waals surface area contributed by atoms with E-state index in [0.29, 0.717) is 33.4 Å². The first kappa shape index (κ1) is 19.4. The number of nitrogens with zero attached hydrogens (tertiary/aromatic N) is 2. The van der Waals surface area contributed by atoms with E-state index in [1.165, 1.54) is 0 Å². The smallest absolute Gasteiger partial charge is 0.216 e. The average Bonchev–Trinajstić information content (AvgIpc) is 3.36. The number of rotatable bonds is 4. The van der Waals surface area contributed by atoms with Gasteiger partial charge in [0.1, 0.15) is 19.6 Å². The summed E-state index contributed by atoms with van der Waals surface area (Å²) < 4.78 is 51.0. The minimum Gasteiger partial charge on any atom is -0.454 e. The molecule has 0 amide bonds. The molecule has 6 aromatic rings. The van der Waals surface area contributed by atoms with Gasteiger partial charge in [-0.2, -0.15) is 5.26 Å². The normalized spacial score (nSPS) is 13.9. The zero-order valence-electron chi connectivity index (χ0n) is 27.4. The van der Waals surface area contributed by atoms with E-state index in [2.05, 4.69) is 6.07 Å². The van der Waals surface area contributed by atoms with Crippen LogP contribution < -0.4 is 4.57 Å². The van der Waals surface area contributed by atoms with Gasteiger partial charge in [-0.05, 0) is 65.2 Å². The van der Waals surface area contributed by atoms with Crippen molar-refractivity contribution in [2.75, 3.05) is 0 Å². The van der Waals surface area contributed by atoms with Gasteiger partial charge in [0.05, 0.1) is 17.2 Å². The van der Waals surface area contributed by atoms with Crippen LogP contribution in [0.3, 0.4) is 0 Å². The second kappa shape index (κ2) is 9.57. The van der Waals surface area contributed by atoms with Gasteiger partial charge >= 0.3 is 0 Å². The second-order valence-electron chi connectivity index (χ2n) is 10.2. The van der Waals surface area contributed by atoms with Crippen LogP contribution in [-0.4, -0.2) is 0 Å². The number of furan rings is 1. The van der Waals surface area contributed by atoms with Crippen molar-refractivity contribution < 1.29 is 15.8 Å². The fourth-order valence-electron chi connectivity index (χ4n) is 5.30. The van der Waals surface area contributed by atoms with Crippen LogP contribution in [0.25, 0.3) is 55.4 Å². The summed E-state index contributed by atoms with van der Waals surface area (Å²) in [5.41, 5.74) is 7.09. The largest absolute Gasteiger partial charge is 0.454 e. The maximum Gasteiger partial charge on any atom is 0.216 e. The first-order valence-electron chi connectivity index (χ1n) is 15.4. The Bertz CT molecular complexity index is 2130. The maximum absolute atomic E-state index is 10.2. The quantitative estimate of drug-likeness (QED) is 0.221. The van der Waals surface area contributed by atoms with Crippen LogP contribution in [0.4, 0.5) is 0 Å². The van der Waals surface area contributed by atoms with E-state index in [0.717, 1.165) is 38.7 Å². The van der Waals surface area contributed by atoms with E-state index in [1.807, 2.05) is 74.6 Å². The third-order valence-electron chi connectivity index (χ3n) is 7.44. The zero-order valence-corrected chi connectivity index (χ0v) is 22.4. The second-order valence-corrected chi connectivity index (χ2v) is 10.2. The predicted octanol–water partition coefficient (Wildman–Crippen LogP) is 9.02. The molecule has 2 aromatic heterocycles. The monoisotopic (exact) mass is 512 g/mol. The summed E-state index contributed by atoms with van der Waals surface area (Å²) in [6, 6.07) is 28.3. The molecule has 0 aliphatic rings. The molecular formula is C36H31N2O+. The number of hydrogen-bond donors (Lipinski definition) is 0. The number of nitriles is 1. The number of pyridine rings is 1. The van der Waals surface area contributed by atoms with Crippen LogP contribution in [0, 0.1) is 25.1 Å². The fourth-order valence-corrected chi connectivity index (χ4v) is 5.30. The lowest BCUT2D eigenvalue weighted by molar-refractivity contribution is -0.660. The van der Waals surface area contributed by atoms with Crippen molar-refractivity contribution in [2.45, 2.75) is 33.5 Å². The lowest BCUT2D eigenvalue weighted by atomic mass is 9.91. The molecule has 0 bridgehead atoms. The standard InChI is InChI=1S/C36H31N2O/c1-22(2)26-17-18-38(5)32(20-26)33-23(3)11-14-30-31-16-13-28(21-37)34(36(31)39-35(30)33)29-15-12-27(19-24(29)4)25-9-7-6-8-10-25/h6-20,22H,1-5H3/q+1/i4D3,18D,22D. The van der Waals surface area contributed by atoms with Crippen molar-refractivity contribution in [3.63, 3.8) is 0 Å². The molecule has 0 saturated heterocycles. The number of aromatic nitrogens is 1. The van der Waals surface area contributed by atoms with Crippen molar-refractivity contribution >= 4 is 21.9 Å². The van der Waals surface area contributed by atoms with E-state index < -0.39 is 12.7 Å². The molecule has 190 valence electrons. The van der Waals surface area contributed by atoms with E-state index >= 15 is 0 Å². The van der Waals surface area contributed by atoms with Crippen LogP contribution >= 0.6 is 0 Å². The lowest BCUT2D eigenvalue weighted by Crippen LogP contribution is -2.31. The van der Waals surface area contributed by atoms with Gasteiger partial charge in [-0.3, -0.25) is 0 Å². The van der Waals surface area contributed by atoms with Gasteiger partial charge in [-0.1, -0.05) is 74.5 Å². The predicted molar refractivity (Wildman–Crippen MR) is 159 cm³/mol. The van der Waals surface area contributed by atoms with E-state index in [1.54, 1.807) is 42.7 Å². The molecule has 3 heteroatoms. The Labute approximate surface area is 236 Å². The molecule has 0 spiro atoms. The van der Waals surface area contributed by atoms with Gasteiger partial charge in [0, 0.05) is 34.0 Å². The highest BCUT2D eigenvalue weighted by atomic mass is 16.3. The van der Waals surface area contributed by atoms with Crippen LogP contribution in [-0.2, 0) is 7.05 Å². The summed E-state index contributed by atoms with van der Waals surface area (Å²) in [5.74, 6) is -0.916. The molecule has 0 radical (unpaired) electrons. The fraction of sp³-hybridized carbons (Fsp3) is 0.167. The third kappa shape index (κ3) is 4.10. The molecule has 4 aromatic carbocycles. The van der Waals surface area contributed by atoms with E-state index in [-0.39, 0.29) is 11.7 Å². The first-order chi connectivity index (χ1) is 20.8. The third-order valence-corrected chi connectivity index (χ3v) is 7.44. The minimum atomic E-state index is -2.45. The van der Waals surface area contributed by atoms with Gasteiger partial charge < -0.3 is 4.42 Å². The molecule has 0 aliphatic heterocycles. The minimum absolute atomic E-state index is 0.135. The highest BCUT2D eigenvalue weighted by molar-refractivity contribution is 6.14. The van der Waals surface area contributed by atoms with Crippen LogP contribution in [0.5, 0.6) is 0 Å². The number of aryl methyl sites for hydroxylation is 2. The first-order valence-corrected chi connectivity index (χ1v) is 12.9. The van der Waals surface area contributed by atoms with Crippen molar-refractivity contribution in [3.05, 3.63) is 113 Å². The summed E-state index contributed by atoms with van der Waals surface area (Å²) in [5, 5.41) is 11.8. The lowest BCUT2D eigenvalue weighted by Gasteiger charge is -2.11. The van der Waals surface area contributed by atoms with Gasteiger partial charge in [0.2, 0.25) is 5.69 Å². The number of benzene rings is 4. The van der Waals surface area contributed by atoms with Crippen LogP contribution in [0.1, 0.15) is 48.8 Å². The zero-order chi connectivity index (χ0) is 31.6. The SMILES string of the molecule is [2H]c1cc(C([2H])(C)C)cc(-c2c(C)ccc3c2oc2c(-c4ccc(-c5ccccc5)cc4C([2H])([2H])[2H])c(C#N)ccc23)[n+]1C. The number of fused-ring (bicyclic) bond motifs is 3. The summed E-state index contributed by atoms with van der Waals surface area (Å²) in [7, 11) is 1.81. The van der Waals surface area contributed by atoms with Gasteiger partial charge in [-0.15, -0.1) is 0 Å². The molecular weight excluding hydrogens is 476 g/mol. The van der Waals surface area contributed by atoms with Gasteiger partial charge in [0.15, 0.2) is 6.17 Å². The molecule has 0 unspecified atom stereocenters. The Morgan fingerprint density at radius 3 is 2.33 bits per heavy atom. The summed E-state index contributed by atoms with van der Waals surface area (Å²) in [6.45, 7) is 3.11. The Morgan fingerprint density at radius 1 is 0.872 bits per heavy atom. The van der Waals surface area contributed by atoms with Crippen molar-refractivity contribution in [1.82, 2.24) is 0 Å². The van der Waals surface area contributed by atoms with E-state index in [9.17, 15) is 5.26 Å². The Balaban J connectivity index is 1.69. The Morgan fingerprint density at radius 2 is 1.62 bits per heavy atom. The summed E-state index contributed by atoms with van der Waals surface area (Å²) in [4.78, 5) is 0. The molecule has 2 heterocycles. The van der Waals surface area contributed by atoms with Crippen LogP contribution in [0.15, 0.2) is 95.5 Å².